The lowest BCUT2D eigenvalue weighted by atomic mass is 10.1. The van der Waals surface area contributed by atoms with Crippen LogP contribution in [0.25, 0.3) is 16.9 Å². The van der Waals surface area contributed by atoms with E-state index in [1.54, 1.807) is 6.20 Å². The molecule has 5 rings (SSSR count). The Balaban J connectivity index is 1.30. The number of aromatic nitrogens is 3. The van der Waals surface area contributed by atoms with E-state index in [-0.39, 0.29) is 0 Å². The van der Waals surface area contributed by atoms with Gasteiger partial charge in [-0.15, -0.1) is 0 Å². The van der Waals surface area contributed by atoms with E-state index in [0.717, 1.165) is 48.9 Å². The second-order valence-electron chi connectivity index (χ2n) is 7.17. The zero-order valence-corrected chi connectivity index (χ0v) is 16.6. The lowest BCUT2D eigenvalue weighted by Crippen LogP contribution is -2.36. The van der Waals surface area contributed by atoms with Gasteiger partial charge in [-0.05, 0) is 54.6 Å². The minimum Gasteiger partial charge on any atom is -0.378 e. The van der Waals surface area contributed by atoms with Gasteiger partial charge in [0.15, 0.2) is 0 Å². The van der Waals surface area contributed by atoms with Gasteiger partial charge >= 0.3 is 0 Å². The minimum absolute atomic E-state index is 0.584. The smallest absolute Gasteiger partial charge is 0.227 e. The lowest BCUT2D eigenvalue weighted by Gasteiger charge is -2.28. The summed E-state index contributed by atoms with van der Waals surface area (Å²) in [5.41, 5.74) is 5.24. The topological polar surface area (TPSA) is 55.2 Å². The fourth-order valence-electron chi connectivity index (χ4n) is 3.60. The summed E-state index contributed by atoms with van der Waals surface area (Å²) in [4.78, 5) is 11.4. The summed E-state index contributed by atoms with van der Waals surface area (Å²) in [7, 11) is 0. The monoisotopic (exact) mass is 397 g/mol. The van der Waals surface area contributed by atoms with Gasteiger partial charge in [0, 0.05) is 54.3 Å². The fourth-order valence-corrected chi connectivity index (χ4v) is 3.60. The molecule has 6 nitrogen and oxygen atoms in total. The van der Waals surface area contributed by atoms with E-state index >= 15 is 0 Å². The minimum atomic E-state index is 0.584. The largest absolute Gasteiger partial charge is 0.378 e. The van der Waals surface area contributed by atoms with Gasteiger partial charge < -0.3 is 19.5 Å². The number of rotatable bonds is 5. The summed E-state index contributed by atoms with van der Waals surface area (Å²) < 4.78 is 7.51. The van der Waals surface area contributed by atoms with E-state index < -0.39 is 0 Å². The zero-order chi connectivity index (χ0) is 20.2. The molecule has 1 fully saturated rings. The molecule has 6 heteroatoms. The van der Waals surface area contributed by atoms with Crippen molar-refractivity contribution in [3.05, 3.63) is 85.3 Å². The average Bonchev–Trinajstić information content (AvgIpc) is 3.36. The molecule has 2 aromatic carbocycles. The number of ether oxygens (including phenoxy) is 1. The van der Waals surface area contributed by atoms with Crippen molar-refractivity contribution in [2.45, 2.75) is 0 Å². The standard InChI is InChI=1S/C24H23N5O/c1-2-14-28(13-1)21-7-3-19(4-8-21)23-11-12-25-24(27-23)26-20-5-9-22(10-6-20)29-15-17-30-18-16-29/h1-14H,15-18H2,(H,25,26,27). The van der Waals surface area contributed by atoms with Crippen molar-refractivity contribution < 1.29 is 4.74 Å². The van der Waals surface area contributed by atoms with Crippen LogP contribution >= 0.6 is 0 Å². The van der Waals surface area contributed by atoms with Crippen molar-refractivity contribution in [1.29, 1.82) is 0 Å². The summed E-state index contributed by atoms with van der Waals surface area (Å²) in [5, 5.41) is 3.31. The molecule has 1 aliphatic rings. The predicted molar refractivity (Wildman–Crippen MR) is 120 cm³/mol. The molecule has 30 heavy (non-hydrogen) atoms. The molecular formula is C24H23N5O. The Labute approximate surface area is 175 Å². The summed E-state index contributed by atoms with van der Waals surface area (Å²) in [6.45, 7) is 3.43. The first kappa shape index (κ1) is 18.4. The van der Waals surface area contributed by atoms with Crippen molar-refractivity contribution in [2.24, 2.45) is 0 Å². The molecule has 150 valence electrons. The Kier molecular flexibility index (Phi) is 5.14. The first-order chi connectivity index (χ1) is 14.8. The Hall–Kier alpha value is -3.64. The van der Waals surface area contributed by atoms with E-state index in [1.807, 2.05) is 30.6 Å². The number of nitrogens with zero attached hydrogens (tertiary/aromatic N) is 4. The number of hydrogen-bond donors (Lipinski definition) is 1. The summed E-state index contributed by atoms with van der Waals surface area (Å²) in [6, 6.07) is 22.7. The molecule has 0 atom stereocenters. The normalized spacial score (nSPS) is 13.9. The summed E-state index contributed by atoms with van der Waals surface area (Å²) in [5.74, 6) is 0.584. The molecule has 1 aliphatic heterocycles. The molecule has 0 unspecified atom stereocenters. The molecule has 0 radical (unpaired) electrons. The van der Waals surface area contributed by atoms with Crippen LogP contribution < -0.4 is 10.2 Å². The van der Waals surface area contributed by atoms with E-state index in [2.05, 4.69) is 73.3 Å². The van der Waals surface area contributed by atoms with E-state index in [1.165, 1.54) is 5.69 Å². The van der Waals surface area contributed by atoms with Crippen LogP contribution in [0, 0.1) is 0 Å². The van der Waals surface area contributed by atoms with Crippen LogP contribution in [0.5, 0.6) is 0 Å². The van der Waals surface area contributed by atoms with Crippen LogP contribution in [0.1, 0.15) is 0 Å². The highest BCUT2D eigenvalue weighted by Gasteiger charge is 2.11. The quantitative estimate of drug-likeness (QED) is 0.537. The summed E-state index contributed by atoms with van der Waals surface area (Å²) >= 11 is 0. The zero-order valence-electron chi connectivity index (χ0n) is 16.6. The first-order valence-corrected chi connectivity index (χ1v) is 10.1. The Bertz CT molecular complexity index is 1090. The van der Waals surface area contributed by atoms with Crippen LogP contribution in [0.3, 0.4) is 0 Å². The number of hydrogen-bond acceptors (Lipinski definition) is 5. The molecule has 0 saturated carbocycles. The van der Waals surface area contributed by atoms with Crippen LogP contribution in [0.4, 0.5) is 17.3 Å². The van der Waals surface area contributed by atoms with Crippen molar-refractivity contribution in [2.75, 3.05) is 36.5 Å². The lowest BCUT2D eigenvalue weighted by molar-refractivity contribution is 0.122. The fraction of sp³-hybridized carbons (Fsp3) is 0.167. The Morgan fingerprint density at radius 2 is 1.50 bits per heavy atom. The van der Waals surface area contributed by atoms with Gasteiger partial charge in [-0.3, -0.25) is 0 Å². The van der Waals surface area contributed by atoms with Crippen LogP contribution in [-0.4, -0.2) is 40.8 Å². The Morgan fingerprint density at radius 3 is 2.23 bits per heavy atom. The predicted octanol–water partition coefficient (Wildman–Crippen LogP) is 4.51. The van der Waals surface area contributed by atoms with Gasteiger partial charge in [0.2, 0.25) is 5.95 Å². The van der Waals surface area contributed by atoms with Crippen molar-refractivity contribution in [3.63, 3.8) is 0 Å². The van der Waals surface area contributed by atoms with Gasteiger partial charge in [-0.1, -0.05) is 12.1 Å². The highest BCUT2D eigenvalue weighted by atomic mass is 16.5. The first-order valence-electron chi connectivity index (χ1n) is 10.1. The van der Waals surface area contributed by atoms with Gasteiger partial charge in [0.1, 0.15) is 0 Å². The number of benzene rings is 2. The molecule has 1 N–H and O–H groups in total. The maximum atomic E-state index is 5.43. The van der Waals surface area contributed by atoms with Crippen LogP contribution in [0.2, 0.25) is 0 Å². The van der Waals surface area contributed by atoms with Gasteiger partial charge in [-0.25, -0.2) is 9.97 Å². The highest BCUT2D eigenvalue weighted by molar-refractivity contribution is 5.64. The summed E-state index contributed by atoms with van der Waals surface area (Å²) in [6.07, 6.45) is 5.85. The van der Waals surface area contributed by atoms with Crippen molar-refractivity contribution in [1.82, 2.24) is 14.5 Å². The second kappa shape index (κ2) is 8.39. The second-order valence-corrected chi connectivity index (χ2v) is 7.17. The molecule has 2 aromatic heterocycles. The molecule has 1 saturated heterocycles. The van der Waals surface area contributed by atoms with Gasteiger partial charge in [-0.2, -0.15) is 0 Å². The molecule has 0 aliphatic carbocycles. The molecule has 3 heterocycles. The maximum Gasteiger partial charge on any atom is 0.227 e. The SMILES string of the molecule is c1ccn(-c2ccc(-c3ccnc(Nc4ccc(N5CCOCC5)cc4)n3)cc2)c1. The third-order valence-corrected chi connectivity index (χ3v) is 5.22. The third kappa shape index (κ3) is 4.04. The molecular weight excluding hydrogens is 374 g/mol. The maximum absolute atomic E-state index is 5.43. The van der Waals surface area contributed by atoms with Gasteiger partial charge in [0.25, 0.3) is 0 Å². The molecule has 4 aromatic rings. The van der Waals surface area contributed by atoms with E-state index in [9.17, 15) is 0 Å². The molecule has 0 spiro atoms. The molecule has 0 amide bonds. The van der Waals surface area contributed by atoms with E-state index in [4.69, 9.17) is 4.74 Å². The van der Waals surface area contributed by atoms with Crippen LogP contribution in [-0.2, 0) is 4.74 Å². The third-order valence-electron chi connectivity index (χ3n) is 5.22. The van der Waals surface area contributed by atoms with Crippen LogP contribution in [0.15, 0.2) is 85.3 Å². The van der Waals surface area contributed by atoms with E-state index in [0.29, 0.717) is 5.95 Å². The molecule has 0 bridgehead atoms. The number of morpholine rings is 1. The van der Waals surface area contributed by atoms with Gasteiger partial charge in [0.05, 0.1) is 18.9 Å². The van der Waals surface area contributed by atoms with Crippen molar-refractivity contribution >= 4 is 17.3 Å². The highest BCUT2D eigenvalue weighted by Crippen LogP contribution is 2.23. The number of anilines is 3. The average molecular weight is 397 g/mol. The number of nitrogens with one attached hydrogen (secondary N) is 1. The Morgan fingerprint density at radius 1 is 0.800 bits per heavy atom. The van der Waals surface area contributed by atoms with Crippen molar-refractivity contribution in [3.8, 4) is 16.9 Å².